The molecule has 16 heavy (non-hydrogen) atoms. The van der Waals surface area contributed by atoms with E-state index in [1.54, 1.807) is 0 Å². The maximum absolute atomic E-state index is 9.11. The van der Waals surface area contributed by atoms with Crippen LogP contribution < -0.4 is 0 Å². The summed E-state index contributed by atoms with van der Waals surface area (Å²) in [5.74, 6) is 0. The second-order valence-corrected chi connectivity index (χ2v) is 4.66. The summed E-state index contributed by atoms with van der Waals surface area (Å²) in [6, 6.07) is 0. The molecule has 98 valence electrons. The molecule has 0 aromatic carbocycles. The molecule has 0 aromatic heterocycles. The van der Waals surface area contributed by atoms with Gasteiger partial charge < -0.3 is 19.3 Å². The van der Waals surface area contributed by atoms with E-state index in [0.29, 0.717) is 32.8 Å². The van der Waals surface area contributed by atoms with Crippen LogP contribution in [0.2, 0.25) is 0 Å². The minimum atomic E-state index is -0.635. The van der Waals surface area contributed by atoms with Gasteiger partial charge in [-0.15, -0.1) is 0 Å². The van der Waals surface area contributed by atoms with E-state index < -0.39 is 6.29 Å². The minimum Gasteiger partial charge on any atom is -0.379 e. The van der Waals surface area contributed by atoms with Crippen LogP contribution in [0.1, 0.15) is 40.5 Å². The summed E-state index contributed by atoms with van der Waals surface area (Å²) in [6.45, 7) is 10.3. The summed E-state index contributed by atoms with van der Waals surface area (Å²) >= 11 is 0. The van der Waals surface area contributed by atoms with Gasteiger partial charge in [0.1, 0.15) is 0 Å². The quantitative estimate of drug-likeness (QED) is 0.489. The Labute approximate surface area is 98.9 Å². The molecule has 0 radical (unpaired) electrons. The van der Waals surface area contributed by atoms with Crippen LogP contribution in [0.15, 0.2) is 0 Å². The number of hydrogen-bond acceptors (Lipinski definition) is 4. The fraction of sp³-hybridized carbons (Fsp3) is 1.00. The molecular formula is C12H26O4. The van der Waals surface area contributed by atoms with Crippen molar-refractivity contribution in [3.8, 4) is 0 Å². The van der Waals surface area contributed by atoms with Crippen LogP contribution in [0.25, 0.3) is 0 Å². The van der Waals surface area contributed by atoms with Crippen molar-refractivity contribution in [1.29, 1.82) is 0 Å². The molecule has 1 atom stereocenters. The standard InChI is InChI=1S/C12H26O4/c1-5-11(13)15-8-6-7-14-9-10-16-12(2,3)4/h11,13H,5-10H2,1-4H3. The Morgan fingerprint density at radius 3 is 2.31 bits per heavy atom. The van der Waals surface area contributed by atoms with Crippen molar-refractivity contribution in [2.75, 3.05) is 26.4 Å². The van der Waals surface area contributed by atoms with Crippen molar-refractivity contribution in [3.05, 3.63) is 0 Å². The number of aliphatic hydroxyl groups excluding tert-OH is 1. The maximum atomic E-state index is 9.11. The Kier molecular flexibility index (Phi) is 8.84. The molecule has 4 nitrogen and oxygen atoms in total. The Morgan fingerprint density at radius 2 is 1.75 bits per heavy atom. The smallest absolute Gasteiger partial charge is 0.154 e. The van der Waals surface area contributed by atoms with E-state index in [-0.39, 0.29) is 5.60 Å². The van der Waals surface area contributed by atoms with Gasteiger partial charge in [0.2, 0.25) is 0 Å². The lowest BCUT2D eigenvalue weighted by Gasteiger charge is -2.19. The molecule has 0 saturated heterocycles. The van der Waals surface area contributed by atoms with Crippen LogP contribution in [-0.4, -0.2) is 43.4 Å². The zero-order valence-electron chi connectivity index (χ0n) is 11.0. The molecule has 1 unspecified atom stereocenters. The van der Waals surface area contributed by atoms with Crippen LogP contribution in [0.5, 0.6) is 0 Å². The first kappa shape index (κ1) is 15.8. The third kappa shape index (κ3) is 11.9. The van der Waals surface area contributed by atoms with Gasteiger partial charge in [-0.3, -0.25) is 0 Å². The van der Waals surface area contributed by atoms with E-state index in [4.69, 9.17) is 19.3 Å². The molecule has 1 N–H and O–H groups in total. The lowest BCUT2D eigenvalue weighted by Crippen LogP contribution is -2.22. The summed E-state index contributed by atoms with van der Waals surface area (Å²) < 4.78 is 15.9. The van der Waals surface area contributed by atoms with Crippen LogP contribution in [0.4, 0.5) is 0 Å². The summed E-state index contributed by atoms with van der Waals surface area (Å²) in [6.07, 6.45) is 0.788. The van der Waals surface area contributed by atoms with Crippen molar-refractivity contribution >= 4 is 0 Å². The Hall–Kier alpha value is -0.160. The van der Waals surface area contributed by atoms with Gasteiger partial charge in [-0.1, -0.05) is 6.92 Å². The highest BCUT2D eigenvalue weighted by molar-refractivity contribution is 4.57. The van der Waals surface area contributed by atoms with Gasteiger partial charge in [-0.2, -0.15) is 0 Å². The molecular weight excluding hydrogens is 208 g/mol. The third-order valence-corrected chi connectivity index (χ3v) is 1.86. The molecule has 0 aliphatic rings. The molecule has 0 aliphatic carbocycles. The van der Waals surface area contributed by atoms with Crippen molar-refractivity contribution < 1.29 is 19.3 Å². The van der Waals surface area contributed by atoms with Crippen LogP contribution >= 0.6 is 0 Å². The molecule has 4 heteroatoms. The van der Waals surface area contributed by atoms with E-state index in [0.717, 1.165) is 6.42 Å². The molecule has 0 amide bonds. The Morgan fingerprint density at radius 1 is 1.06 bits per heavy atom. The zero-order valence-corrected chi connectivity index (χ0v) is 11.0. The normalized spacial score (nSPS) is 14.1. The van der Waals surface area contributed by atoms with Gasteiger partial charge in [-0.25, -0.2) is 0 Å². The molecule has 0 fully saturated rings. The number of ether oxygens (including phenoxy) is 3. The van der Waals surface area contributed by atoms with Crippen molar-refractivity contribution in [1.82, 2.24) is 0 Å². The minimum absolute atomic E-state index is 0.0995. The molecule has 0 spiro atoms. The van der Waals surface area contributed by atoms with Crippen molar-refractivity contribution in [2.24, 2.45) is 0 Å². The predicted molar refractivity (Wildman–Crippen MR) is 63.4 cm³/mol. The molecule has 0 aromatic rings. The topological polar surface area (TPSA) is 47.9 Å². The zero-order chi connectivity index (χ0) is 12.4. The van der Waals surface area contributed by atoms with Crippen LogP contribution in [0, 0.1) is 0 Å². The molecule has 0 aliphatic heterocycles. The highest BCUT2D eigenvalue weighted by atomic mass is 16.6. The monoisotopic (exact) mass is 234 g/mol. The van der Waals surface area contributed by atoms with Crippen molar-refractivity contribution in [2.45, 2.75) is 52.4 Å². The number of hydrogen-bond donors (Lipinski definition) is 1. The summed E-state index contributed by atoms with van der Waals surface area (Å²) in [4.78, 5) is 0. The Balaban J connectivity index is 3.10. The van der Waals surface area contributed by atoms with E-state index in [2.05, 4.69) is 0 Å². The van der Waals surface area contributed by atoms with Crippen LogP contribution in [0.3, 0.4) is 0 Å². The highest BCUT2D eigenvalue weighted by Crippen LogP contribution is 2.05. The van der Waals surface area contributed by atoms with Crippen molar-refractivity contribution in [3.63, 3.8) is 0 Å². The van der Waals surface area contributed by atoms with Gasteiger partial charge in [-0.05, 0) is 33.6 Å². The summed E-state index contributed by atoms with van der Waals surface area (Å²) in [5, 5.41) is 9.11. The lowest BCUT2D eigenvalue weighted by molar-refractivity contribution is -0.105. The van der Waals surface area contributed by atoms with Gasteiger partial charge in [0.15, 0.2) is 6.29 Å². The van der Waals surface area contributed by atoms with E-state index in [9.17, 15) is 0 Å². The SMILES string of the molecule is CCC(O)OCCCOCCOC(C)(C)C. The molecule has 0 rings (SSSR count). The maximum Gasteiger partial charge on any atom is 0.154 e. The van der Waals surface area contributed by atoms with E-state index >= 15 is 0 Å². The molecule has 0 bridgehead atoms. The number of rotatable bonds is 9. The average Bonchev–Trinajstić information content (AvgIpc) is 2.20. The summed E-state index contributed by atoms with van der Waals surface area (Å²) in [7, 11) is 0. The lowest BCUT2D eigenvalue weighted by atomic mass is 10.2. The number of aliphatic hydroxyl groups is 1. The first-order valence-corrected chi connectivity index (χ1v) is 5.97. The fourth-order valence-corrected chi connectivity index (χ4v) is 1.01. The van der Waals surface area contributed by atoms with Crippen LogP contribution in [-0.2, 0) is 14.2 Å². The molecule has 0 saturated carbocycles. The second-order valence-electron chi connectivity index (χ2n) is 4.66. The first-order chi connectivity index (χ1) is 7.45. The predicted octanol–water partition coefficient (Wildman–Crippen LogP) is 1.95. The fourth-order valence-electron chi connectivity index (χ4n) is 1.01. The second kappa shape index (κ2) is 8.93. The first-order valence-electron chi connectivity index (χ1n) is 5.97. The average molecular weight is 234 g/mol. The van der Waals surface area contributed by atoms with Gasteiger partial charge >= 0.3 is 0 Å². The Bertz CT molecular complexity index is 154. The van der Waals surface area contributed by atoms with Gasteiger partial charge in [0, 0.05) is 6.61 Å². The largest absolute Gasteiger partial charge is 0.379 e. The molecule has 0 heterocycles. The van der Waals surface area contributed by atoms with Gasteiger partial charge in [0.05, 0.1) is 25.4 Å². The summed E-state index contributed by atoms with van der Waals surface area (Å²) in [5.41, 5.74) is -0.0995. The third-order valence-electron chi connectivity index (χ3n) is 1.86. The van der Waals surface area contributed by atoms with Gasteiger partial charge in [0.25, 0.3) is 0 Å². The van der Waals surface area contributed by atoms with E-state index in [1.165, 1.54) is 0 Å². The van der Waals surface area contributed by atoms with E-state index in [1.807, 2.05) is 27.7 Å². The highest BCUT2D eigenvalue weighted by Gasteiger charge is 2.08.